The number of hydrogen-bond donors (Lipinski definition) is 1. The summed E-state index contributed by atoms with van der Waals surface area (Å²) in [7, 11) is 3.65. The molecule has 2 rings (SSSR count). The standard InChI is InChI=1S/C15H25N3O2/c1-5-13-17-14(16-3)10(2)15(18-13)20-12-8-6-7-11(9-12)19-4/h11-12H,5-9H2,1-4H3,(H,16,17,18). The van der Waals surface area contributed by atoms with Gasteiger partial charge in [0.25, 0.3) is 0 Å². The third-order valence-electron chi connectivity index (χ3n) is 3.89. The molecule has 1 aromatic rings. The number of rotatable bonds is 5. The molecule has 1 fully saturated rings. The maximum Gasteiger partial charge on any atom is 0.222 e. The number of ether oxygens (including phenoxy) is 2. The number of aryl methyl sites for hydroxylation is 1. The third kappa shape index (κ3) is 3.39. The second kappa shape index (κ2) is 6.88. The van der Waals surface area contributed by atoms with Crippen LogP contribution in [-0.2, 0) is 11.2 Å². The lowest BCUT2D eigenvalue weighted by Gasteiger charge is -2.29. The van der Waals surface area contributed by atoms with E-state index >= 15 is 0 Å². The lowest BCUT2D eigenvalue weighted by atomic mass is 9.95. The zero-order valence-corrected chi connectivity index (χ0v) is 12.9. The van der Waals surface area contributed by atoms with E-state index in [1.807, 2.05) is 14.0 Å². The van der Waals surface area contributed by atoms with E-state index < -0.39 is 0 Å². The Morgan fingerprint density at radius 3 is 2.65 bits per heavy atom. The van der Waals surface area contributed by atoms with Crippen LogP contribution in [0.1, 0.15) is 44.0 Å². The molecule has 1 N–H and O–H groups in total. The van der Waals surface area contributed by atoms with Gasteiger partial charge in [0.15, 0.2) is 0 Å². The molecule has 0 aliphatic heterocycles. The molecular weight excluding hydrogens is 254 g/mol. The van der Waals surface area contributed by atoms with Gasteiger partial charge in [-0.15, -0.1) is 0 Å². The molecule has 2 unspecified atom stereocenters. The van der Waals surface area contributed by atoms with Crippen LogP contribution in [-0.4, -0.2) is 36.3 Å². The van der Waals surface area contributed by atoms with E-state index in [9.17, 15) is 0 Å². The van der Waals surface area contributed by atoms with Gasteiger partial charge in [0.1, 0.15) is 17.7 Å². The van der Waals surface area contributed by atoms with E-state index in [4.69, 9.17) is 9.47 Å². The second-order valence-corrected chi connectivity index (χ2v) is 5.29. The topological polar surface area (TPSA) is 56.3 Å². The van der Waals surface area contributed by atoms with E-state index in [-0.39, 0.29) is 6.10 Å². The fourth-order valence-corrected chi connectivity index (χ4v) is 2.64. The van der Waals surface area contributed by atoms with E-state index in [0.29, 0.717) is 12.0 Å². The Balaban J connectivity index is 2.15. The first-order valence-corrected chi connectivity index (χ1v) is 7.42. The monoisotopic (exact) mass is 279 g/mol. The number of nitrogens with one attached hydrogen (secondary N) is 1. The van der Waals surface area contributed by atoms with Crippen LogP contribution in [0.3, 0.4) is 0 Å². The molecular formula is C15H25N3O2. The van der Waals surface area contributed by atoms with Crippen molar-refractivity contribution in [2.45, 2.75) is 58.2 Å². The summed E-state index contributed by atoms with van der Waals surface area (Å²) >= 11 is 0. The quantitative estimate of drug-likeness (QED) is 0.898. The normalized spacial score (nSPS) is 22.6. The Morgan fingerprint density at radius 1 is 1.25 bits per heavy atom. The molecule has 20 heavy (non-hydrogen) atoms. The first kappa shape index (κ1) is 15.0. The van der Waals surface area contributed by atoms with Crippen molar-refractivity contribution in [2.24, 2.45) is 0 Å². The molecule has 0 spiro atoms. The fourth-order valence-electron chi connectivity index (χ4n) is 2.64. The predicted molar refractivity (Wildman–Crippen MR) is 79.4 cm³/mol. The van der Waals surface area contributed by atoms with Crippen molar-refractivity contribution in [3.05, 3.63) is 11.4 Å². The molecule has 1 saturated carbocycles. The molecule has 0 saturated heterocycles. The summed E-state index contributed by atoms with van der Waals surface area (Å²) in [6, 6.07) is 0. The highest BCUT2D eigenvalue weighted by atomic mass is 16.5. The van der Waals surface area contributed by atoms with Crippen LogP contribution in [0, 0.1) is 6.92 Å². The summed E-state index contributed by atoms with van der Waals surface area (Å²) in [5.74, 6) is 2.38. The van der Waals surface area contributed by atoms with Gasteiger partial charge >= 0.3 is 0 Å². The van der Waals surface area contributed by atoms with Crippen LogP contribution in [0.15, 0.2) is 0 Å². The van der Waals surface area contributed by atoms with E-state index in [1.54, 1.807) is 7.11 Å². The Kier molecular flexibility index (Phi) is 5.17. The zero-order chi connectivity index (χ0) is 14.5. The van der Waals surface area contributed by atoms with E-state index in [1.165, 1.54) is 0 Å². The molecule has 0 bridgehead atoms. The van der Waals surface area contributed by atoms with Gasteiger partial charge in [-0.25, -0.2) is 4.98 Å². The SMILES string of the molecule is CCc1nc(NC)c(C)c(OC2CCCC(OC)C2)n1. The molecule has 5 nitrogen and oxygen atoms in total. The van der Waals surface area contributed by atoms with Gasteiger partial charge in [-0.1, -0.05) is 6.92 Å². The molecule has 5 heteroatoms. The van der Waals surface area contributed by atoms with Crippen LogP contribution >= 0.6 is 0 Å². The molecule has 0 aromatic carbocycles. The highest BCUT2D eigenvalue weighted by Crippen LogP contribution is 2.28. The van der Waals surface area contributed by atoms with E-state index in [0.717, 1.165) is 49.3 Å². The number of aromatic nitrogens is 2. The first-order valence-electron chi connectivity index (χ1n) is 7.42. The first-order chi connectivity index (χ1) is 9.67. The summed E-state index contributed by atoms with van der Waals surface area (Å²) in [6.07, 6.45) is 5.59. The molecule has 1 aromatic heterocycles. The van der Waals surface area contributed by atoms with Gasteiger partial charge in [-0.3, -0.25) is 0 Å². The molecule has 112 valence electrons. The maximum absolute atomic E-state index is 6.13. The van der Waals surface area contributed by atoms with Gasteiger partial charge < -0.3 is 14.8 Å². The summed E-state index contributed by atoms with van der Waals surface area (Å²) < 4.78 is 11.6. The lowest BCUT2D eigenvalue weighted by molar-refractivity contribution is 0.0192. The van der Waals surface area contributed by atoms with Crippen LogP contribution in [0.25, 0.3) is 0 Å². The zero-order valence-electron chi connectivity index (χ0n) is 12.9. The van der Waals surface area contributed by atoms with Gasteiger partial charge in [0, 0.05) is 27.0 Å². The molecule has 1 heterocycles. The minimum Gasteiger partial charge on any atom is -0.474 e. The van der Waals surface area contributed by atoms with Gasteiger partial charge in [-0.2, -0.15) is 4.98 Å². The van der Waals surface area contributed by atoms with Crippen molar-refractivity contribution in [1.82, 2.24) is 9.97 Å². The lowest BCUT2D eigenvalue weighted by Crippen LogP contribution is -2.30. The fraction of sp³-hybridized carbons (Fsp3) is 0.733. The highest BCUT2D eigenvalue weighted by Gasteiger charge is 2.24. The summed E-state index contributed by atoms with van der Waals surface area (Å²) in [5, 5.41) is 3.11. The van der Waals surface area contributed by atoms with Crippen molar-refractivity contribution in [2.75, 3.05) is 19.5 Å². The van der Waals surface area contributed by atoms with Gasteiger partial charge in [0.2, 0.25) is 5.88 Å². The average Bonchev–Trinajstić information content (AvgIpc) is 2.49. The van der Waals surface area contributed by atoms with Crippen LogP contribution in [0.5, 0.6) is 5.88 Å². The van der Waals surface area contributed by atoms with Gasteiger partial charge in [0.05, 0.1) is 11.7 Å². The molecule has 1 aliphatic carbocycles. The summed E-state index contributed by atoms with van der Waals surface area (Å²) in [5.41, 5.74) is 0.976. The Hall–Kier alpha value is -1.36. The van der Waals surface area contributed by atoms with Crippen LogP contribution < -0.4 is 10.1 Å². The van der Waals surface area contributed by atoms with Gasteiger partial charge in [-0.05, 0) is 26.2 Å². The minimum atomic E-state index is 0.191. The second-order valence-electron chi connectivity index (χ2n) is 5.29. The van der Waals surface area contributed by atoms with Crippen LogP contribution in [0.2, 0.25) is 0 Å². The highest BCUT2D eigenvalue weighted by molar-refractivity contribution is 5.48. The Morgan fingerprint density at radius 2 is 2.00 bits per heavy atom. The Labute approximate surface area is 121 Å². The maximum atomic E-state index is 6.13. The van der Waals surface area contributed by atoms with Crippen molar-refractivity contribution in [3.8, 4) is 5.88 Å². The number of methoxy groups -OCH3 is 1. The Bertz CT molecular complexity index is 451. The van der Waals surface area contributed by atoms with Crippen molar-refractivity contribution in [3.63, 3.8) is 0 Å². The largest absolute Gasteiger partial charge is 0.474 e. The number of hydrogen-bond acceptors (Lipinski definition) is 5. The summed E-state index contributed by atoms with van der Waals surface area (Å²) in [6.45, 7) is 4.05. The summed E-state index contributed by atoms with van der Waals surface area (Å²) in [4.78, 5) is 9.00. The van der Waals surface area contributed by atoms with Crippen molar-refractivity contribution in [1.29, 1.82) is 0 Å². The van der Waals surface area contributed by atoms with Crippen molar-refractivity contribution >= 4 is 5.82 Å². The molecule has 2 atom stereocenters. The number of anilines is 1. The molecule has 1 aliphatic rings. The van der Waals surface area contributed by atoms with Crippen molar-refractivity contribution < 1.29 is 9.47 Å². The molecule has 0 radical (unpaired) electrons. The molecule has 0 amide bonds. The van der Waals surface area contributed by atoms with Crippen LogP contribution in [0.4, 0.5) is 5.82 Å². The van der Waals surface area contributed by atoms with E-state index in [2.05, 4.69) is 22.2 Å². The average molecular weight is 279 g/mol. The smallest absolute Gasteiger partial charge is 0.222 e. The number of nitrogens with zero attached hydrogens (tertiary/aromatic N) is 2. The minimum absolute atomic E-state index is 0.191. The third-order valence-corrected chi connectivity index (χ3v) is 3.89. The predicted octanol–water partition coefficient (Wildman–Crippen LogP) is 2.73.